The summed E-state index contributed by atoms with van der Waals surface area (Å²) in [6, 6.07) is 6.33. The topological polar surface area (TPSA) is 36.4 Å². The van der Waals surface area contributed by atoms with E-state index in [0.29, 0.717) is 22.5 Å². The van der Waals surface area contributed by atoms with E-state index in [-0.39, 0.29) is 5.82 Å². The summed E-state index contributed by atoms with van der Waals surface area (Å²) < 4.78 is 14.0. The van der Waals surface area contributed by atoms with E-state index in [0.717, 1.165) is 17.9 Å². The number of aliphatic imine (C=N–C) groups is 1. The Hall–Kier alpha value is -1.10. The molecule has 0 aliphatic heterocycles. The average Bonchev–Trinajstić information content (AvgIpc) is 3.28. The monoisotopic (exact) mass is 325 g/mol. The average molecular weight is 326 g/mol. The standard InChI is InChI=1S/C14H17BrFN3/c1-17-14(18-9-3-4-9)19-13-7-10(13)8-2-5-11(15)12(16)6-8/h2,5-6,9-10,13H,3-4,7H2,1H3,(H2,17,18,19)/t10-,13+/m0/s1. The summed E-state index contributed by atoms with van der Waals surface area (Å²) in [5.41, 5.74) is 1.06. The van der Waals surface area contributed by atoms with Crippen LogP contribution in [0.2, 0.25) is 0 Å². The van der Waals surface area contributed by atoms with Gasteiger partial charge in [-0.2, -0.15) is 0 Å². The van der Waals surface area contributed by atoms with Gasteiger partial charge in [-0.1, -0.05) is 6.07 Å². The van der Waals surface area contributed by atoms with Crippen LogP contribution in [0.3, 0.4) is 0 Å². The molecule has 2 fully saturated rings. The van der Waals surface area contributed by atoms with Crippen LogP contribution in [-0.2, 0) is 0 Å². The highest BCUT2D eigenvalue weighted by atomic mass is 79.9. The second-order valence-corrected chi connectivity index (χ2v) is 6.11. The van der Waals surface area contributed by atoms with Crippen LogP contribution >= 0.6 is 15.9 Å². The second kappa shape index (κ2) is 5.12. The Morgan fingerprint density at radius 1 is 1.37 bits per heavy atom. The highest BCUT2D eigenvalue weighted by Gasteiger charge is 2.39. The first-order valence-electron chi connectivity index (χ1n) is 6.62. The van der Waals surface area contributed by atoms with Crippen LogP contribution in [0.5, 0.6) is 0 Å². The Kier molecular flexibility index (Phi) is 3.48. The lowest BCUT2D eigenvalue weighted by Crippen LogP contribution is -2.40. The number of halogens is 2. The van der Waals surface area contributed by atoms with E-state index < -0.39 is 0 Å². The van der Waals surface area contributed by atoms with Crippen molar-refractivity contribution in [3.05, 3.63) is 34.1 Å². The van der Waals surface area contributed by atoms with Crippen molar-refractivity contribution in [2.45, 2.75) is 37.3 Å². The van der Waals surface area contributed by atoms with E-state index in [1.807, 2.05) is 6.07 Å². The molecule has 2 N–H and O–H groups in total. The fourth-order valence-electron chi connectivity index (χ4n) is 2.23. The van der Waals surface area contributed by atoms with Gasteiger partial charge in [-0.3, -0.25) is 4.99 Å². The fraction of sp³-hybridized carbons (Fsp3) is 0.500. The van der Waals surface area contributed by atoms with Gasteiger partial charge in [-0.15, -0.1) is 0 Å². The number of hydrogen-bond acceptors (Lipinski definition) is 1. The zero-order valence-corrected chi connectivity index (χ0v) is 12.4. The number of rotatable bonds is 3. The largest absolute Gasteiger partial charge is 0.354 e. The minimum Gasteiger partial charge on any atom is -0.354 e. The fourth-order valence-corrected chi connectivity index (χ4v) is 2.48. The molecule has 2 saturated carbocycles. The first-order chi connectivity index (χ1) is 9.17. The molecule has 1 aromatic rings. The molecule has 0 spiro atoms. The van der Waals surface area contributed by atoms with Crippen LogP contribution in [0, 0.1) is 5.82 Å². The van der Waals surface area contributed by atoms with E-state index in [1.54, 1.807) is 19.2 Å². The molecule has 0 bridgehead atoms. The first kappa shape index (κ1) is 12.9. The van der Waals surface area contributed by atoms with Crippen LogP contribution in [0.1, 0.15) is 30.7 Å². The van der Waals surface area contributed by atoms with Crippen molar-refractivity contribution >= 4 is 21.9 Å². The van der Waals surface area contributed by atoms with Crippen LogP contribution in [0.15, 0.2) is 27.7 Å². The summed E-state index contributed by atoms with van der Waals surface area (Å²) >= 11 is 3.18. The van der Waals surface area contributed by atoms with E-state index in [2.05, 4.69) is 31.6 Å². The molecule has 0 unspecified atom stereocenters. The Morgan fingerprint density at radius 3 is 2.79 bits per heavy atom. The van der Waals surface area contributed by atoms with Gasteiger partial charge in [0.1, 0.15) is 5.82 Å². The summed E-state index contributed by atoms with van der Waals surface area (Å²) in [6.07, 6.45) is 3.49. The molecule has 5 heteroatoms. The Morgan fingerprint density at radius 2 is 2.16 bits per heavy atom. The Labute approximate surface area is 120 Å². The van der Waals surface area contributed by atoms with Gasteiger partial charge in [-0.05, 0) is 52.9 Å². The molecule has 2 aliphatic carbocycles. The van der Waals surface area contributed by atoms with Crippen molar-refractivity contribution in [2.24, 2.45) is 4.99 Å². The molecule has 19 heavy (non-hydrogen) atoms. The summed E-state index contributed by atoms with van der Waals surface area (Å²) in [5, 5.41) is 6.76. The minimum atomic E-state index is -0.191. The maximum atomic E-state index is 13.5. The molecule has 0 saturated heterocycles. The third-order valence-corrected chi connectivity index (χ3v) is 4.27. The first-order valence-corrected chi connectivity index (χ1v) is 7.41. The maximum Gasteiger partial charge on any atom is 0.191 e. The molecule has 0 radical (unpaired) electrons. The Balaban J connectivity index is 1.59. The second-order valence-electron chi connectivity index (χ2n) is 5.26. The highest BCUT2D eigenvalue weighted by molar-refractivity contribution is 9.10. The summed E-state index contributed by atoms with van der Waals surface area (Å²) in [4.78, 5) is 4.22. The van der Waals surface area contributed by atoms with E-state index in [1.165, 1.54) is 12.8 Å². The zero-order valence-electron chi connectivity index (χ0n) is 10.8. The molecule has 1 aromatic carbocycles. The lowest BCUT2D eigenvalue weighted by atomic mass is 10.1. The molecule has 3 nitrogen and oxygen atoms in total. The normalized spacial score (nSPS) is 26.2. The molecule has 0 aromatic heterocycles. The SMILES string of the molecule is CN=C(NC1CC1)N[C@@H]1C[C@H]1c1ccc(Br)c(F)c1. The molecule has 2 atom stereocenters. The molecular weight excluding hydrogens is 309 g/mol. The van der Waals surface area contributed by atoms with Gasteiger partial charge in [-0.25, -0.2) is 4.39 Å². The lowest BCUT2D eigenvalue weighted by molar-refractivity contribution is 0.618. The Bertz CT molecular complexity index is 513. The molecule has 102 valence electrons. The van der Waals surface area contributed by atoms with E-state index in [9.17, 15) is 4.39 Å². The van der Waals surface area contributed by atoms with Crippen molar-refractivity contribution in [3.8, 4) is 0 Å². The summed E-state index contributed by atoms with van der Waals surface area (Å²) in [6.45, 7) is 0. The van der Waals surface area contributed by atoms with Gasteiger partial charge in [0.25, 0.3) is 0 Å². The van der Waals surface area contributed by atoms with E-state index >= 15 is 0 Å². The van der Waals surface area contributed by atoms with Gasteiger partial charge >= 0.3 is 0 Å². The lowest BCUT2D eigenvalue weighted by Gasteiger charge is -2.11. The van der Waals surface area contributed by atoms with Crippen molar-refractivity contribution in [2.75, 3.05) is 7.05 Å². The van der Waals surface area contributed by atoms with E-state index in [4.69, 9.17) is 0 Å². The third kappa shape index (κ3) is 3.08. The minimum absolute atomic E-state index is 0.191. The van der Waals surface area contributed by atoms with Crippen molar-refractivity contribution in [3.63, 3.8) is 0 Å². The van der Waals surface area contributed by atoms with Crippen LogP contribution in [-0.4, -0.2) is 25.1 Å². The molecule has 0 amide bonds. The smallest absolute Gasteiger partial charge is 0.191 e. The van der Waals surface area contributed by atoms with Crippen LogP contribution in [0.25, 0.3) is 0 Å². The molecule has 2 aliphatic rings. The van der Waals surface area contributed by atoms with Gasteiger partial charge in [0.05, 0.1) is 4.47 Å². The number of hydrogen-bond donors (Lipinski definition) is 2. The van der Waals surface area contributed by atoms with Gasteiger partial charge in [0.15, 0.2) is 5.96 Å². The zero-order chi connectivity index (χ0) is 13.4. The summed E-state index contributed by atoms with van der Waals surface area (Å²) in [7, 11) is 1.79. The summed E-state index contributed by atoms with van der Waals surface area (Å²) in [5.74, 6) is 1.07. The number of guanidine groups is 1. The predicted octanol–water partition coefficient (Wildman–Crippen LogP) is 2.77. The maximum absolute atomic E-state index is 13.5. The van der Waals surface area contributed by atoms with Crippen LogP contribution < -0.4 is 10.6 Å². The van der Waals surface area contributed by atoms with Crippen molar-refractivity contribution in [1.29, 1.82) is 0 Å². The number of nitrogens with one attached hydrogen (secondary N) is 2. The van der Waals surface area contributed by atoms with Crippen molar-refractivity contribution in [1.82, 2.24) is 10.6 Å². The highest BCUT2D eigenvalue weighted by Crippen LogP contribution is 2.41. The molecule has 0 heterocycles. The van der Waals surface area contributed by atoms with Crippen molar-refractivity contribution < 1.29 is 4.39 Å². The van der Waals surface area contributed by atoms with Gasteiger partial charge < -0.3 is 10.6 Å². The van der Waals surface area contributed by atoms with Crippen LogP contribution in [0.4, 0.5) is 4.39 Å². The third-order valence-electron chi connectivity index (χ3n) is 3.63. The number of benzene rings is 1. The number of nitrogens with zero attached hydrogens (tertiary/aromatic N) is 1. The van der Waals surface area contributed by atoms with Gasteiger partial charge in [0.2, 0.25) is 0 Å². The molecule has 3 rings (SSSR count). The van der Waals surface area contributed by atoms with Gasteiger partial charge in [0, 0.05) is 25.0 Å². The predicted molar refractivity (Wildman–Crippen MR) is 77.9 cm³/mol. The molecular formula is C14H17BrFN3. The quantitative estimate of drug-likeness (QED) is 0.662.